The molecule has 2 aromatic carbocycles. The monoisotopic (exact) mass is 392 g/mol. The molecule has 1 aliphatic heterocycles. The first-order chi connectivity index (χ1) is 14.1. The maximum atomic E-state index is 14.0. The molecule has 2 heterocycles. The van der Waals surface area contributed by atoms with Crippen LogP contribution in [-0.4, -0.2) is 18.4 Å². The highest BCUT2D eigenvalue weighted by molar-refractivity contribution is 6.12. The summed E-state index contributed by atoms with van der Waals surface area (Å²) in [5.41, 5.74) is 0.689. The fourth-order valence-electron chi connectivity index (χ4n) is 2.95. The van der Waals surface area contributed by atoms with E-state index in [9.17, 15) is 14.0 Å². The highest BCUT2D eigenvalue weighted by atomic mass is 19.1. The number of benzene rings is 2. The van der Waals surface area contributed by atoms with Crippen LogP contribution < -0.4 is 15.0 Å². The third-order valence-corrected chi connectivity index (χ3v) is 4.37. The number of nitrogens with zero attached hydrogens (tertiary/aromatic N) is 1. The second kappa shape index (κ2) is 8.02. The minimum atomic E-state index is -0.528. The number of hydrogen-bond donors (Lipinski definition) is 1. The van der Waals surface area contributed by atoms with Gasteiger partial charge in [0.1, 0.15) is 18.1 Å². The molecule has 29 heavy (non-hydrogen) atoms. The first-order valence-corrected chi connectivity index (χ1v) is 8.96. The van der Waals surface area contributed by atoms with Crippen molar-refractivity contribution in [3.05, 3.63) is 89.8 Å². The van der Waals surface area contributed by atoms with Crippen LogP contribution in [0.3, 0.4) is 0 Å². The quantitative estimate of drug-likeness (QED) is 0.675. The van der Waals surface area contributed by atoms with Gasteiger partial charge in [-0.2, -0.15) is 0 Å². The van der Waals surface area contributed by atoms with Gasteiger partial charge in [0.15, 0.2) is 11.5 Å². The van der Waals surface area contributed by atoms with Gasteiger partial charge < -0.3 is 14.5 Å². The molecule has 146 valence electrons. The fourth-order valence-corrected chi connectivity index (χ4v) is 2.95. The van der Waals surface area contributed by atoms with Crippen LogP contribution in [0.15, 0.2) is 77.1 Å². The van der Waals surface area contributed by atoms with E-state index in [-0.39, 0.29) is 30.3 Å². The molecule has 4 rings (SSSR count). The van der Waals surface area contributed by atoms with Crippen molar-refractivity contribution in [3.63, 3.8) is 0 Å². The van der Waals surface area contributed by atoms with Crippen molar-refractivity contribution >= 4 is 23.6 Å². The number of hydrogen-bond acceptors (Lipinski definition) is 4. The molecule has 0 saturated heterocycles. The van der Waals surface area contributed by atoms with Crippen molar-refractivity contribution in [1.29, 1.82) is 0 Å². The Labute approximate surface area is 166 Å². The number of carbonyl (C=O) groups excluding carboxylic acids is 2. The SMILES string of the molecule is O=C(CN1C(=O)/C(=C/c2ccccc2F)Oc2ccccc21)NCc1ccco1. The smallest absolute Gasteiger partial charge is 0.294 e. The molecule has 6 nitrogen and oxygen atoms in total. The molecule has 7 heteroatoms. The van der Waals surface area contributed by atoms with E-state index in [0.717, 1.165) is 0 Å². The Kier molecular flexibility index (Phi) is 5.11. The summed E-state index contributed by atoms with van der Waals surface area (Å²) in [7, 11) is 0. The zero-order chi connectivity index (χ0) is 20.2. The Morgan fingerprint density at radius 3 is 2.66 bits per heavy atom. The van der Waals surface area contributed by atoms with E-state index >= 15 is 0 Å². The van der Waals surface area contributed by atoms with Gasteiger partial charge in [0.2, 0.25) is 5.91 Å². The zero-order valence-electron chi connectivity index (χ0n) is 15.3. The number of carbonyl (C=O) groups is 2. The van der Waals surface area contributed by atoms with Gasteiger partial charge in [-0.15, -0.1) is 0 Å². The minimum Gasteiger partial charge on any atom is -0.467 e. The second-order valence-corrected chi connectivity index (χ2v) is 6.35. The predicted octanol–water partition coefficient (Wildman–Crippen LogP) is 3.50. The van der Waals surface area contributed by atoms with Crippen molar-refractivity contribution in [1.82, 2.24) is 5.32 Å². The summed E-state index contributed by atoms with van der Waals surface area (Å²) in [6.07, 6.45) is 2.85. The van der Waals surface area contributed by atoms with Crippen molar-refractivity contribution in [3.8, 4) is 5.75 Å². The van der Waals surface area contributed by atoms with Gasteiger partial charge in [-0.3, -0.25) is 14.5 Å². The van der Waals surface area contributed by atoms with Gasteiger partial charge >= 0.3 is 0 Å². The van der Waals surface area contributed by atoms with E-state index in [4.69, 9.17) is 9.15 Å². The van der Waals surface area contributed by atoms with E-state index in [1.54, 1.807) is 54.6 Å². The van der Waals surface area contributed by atoms with E-state index in [2.05, 4.69) is 5.32 Å². The number of ether oxygens (including phenoxy) is 1. The van der Waals surface area contributed by atoms with E-state index in [0.29, 0.717) is 17.2 Å². The van der Waals surface area contributed by atoms with Gasteiger partial charge in [-0.05, 0) is 36.4 Å². The van der Waals surface area contributed by atoms with Gasteiger partial charge in [0.25, 0.3) is 5.91 Å². The lowest BCUT2D eigenvalue weighted by atomic mass is 10.1. The van der Waals surface area contributed by atoms with Crippen LogP contribution in [0.1, 0.15) is 11.3 Å². The molecule has 0 saturated carbocycles. The number of fused-ring (bicyclic) bond motifs is 1. The summed E-state index contributed by atoms with van der Waals surface area (Å²) in [6.45, 7) is -0.00153. The average molecular weight is 392 g/mol. The Hall–Kier alpha value is -3.87. The summed E-state index contributed by atoms with van der Waals surface area (Å²) < 4.78 is 24.9. The van der Waals surface area contributed by atoms with Crippen molar-refractivity contribution in [2.24, 2.45) is 0 Å². The molecule has 0 spiro atoms. The number of halogens is 1. The third-order valence-electron chi connectivity index (χ3n) is 4.37. The summed E-state index contributed by atoms with van der Waals surface area (Å²) in [5, 5.41) is 2.71. The van der Waals surface area contributed by atoms with Crippen molar-refractivity contribution in [2.75, 3.05) is 11.4 Å². The number of nitrogens with one attached hydrogen (secondary N) is 1. The number of amides is 2. The molecule has 0 atom stereocenters. The molecular weight excluding hydrogens is 375 g/mol. The van der Waals surface area contributed by atoms with Gasteiger partial charge in [0, 0.05) is 5.56 Å². The lowest BCUT2D eigenvalue weighted by Crippen LogP contribution is -2.44. The second-order valence-electron chi connectivity index (χ2n) is 6.35. The predicted molar refractivity (Wildman–Crippen MR) is 104 cm³/mol. The van der Waals surface area contributed by atoms with Crippen LogP contribution in [0.4, 0.5) is 10.1 Å². The molecule has 1 N–H and O–H groups in total. The highest BCUT2D eigenvalue weighted by Gasteiger charge is 2.31. The third kappa shape index (κ3) is 4.03. The molecule has 2 amide bonds. The van der Waals surface area contributed by atoms with Gasteiger partial charge in [-0.25, -0.2) is 4.39 Å². The topological polar surface area (TPSA) is 71.8 Å². The lowest BCUT2D eigenvalue weighted by molar-refractivity contribution is -0.123. The molecule has 0 fully saturated rings. The standard InChI is InChI=1S/C22H17FN2O4/c23-17-8-2-1-6-15(17)12-20-22(27)25(18-9-3-4-10-19(18)29-20)14-21(26)24-13-16-7-5-11-28-16/h1-12H,13-14H2,(H,24,26)/b20-12-. The summed E-state index contributed by atoms with van der Waals surface area (Å²) >= 11 is 0. The number of anilines is 1. The molecule has 1 aliphatic rings. The Morgan fingerprint density at radius 2 is 1.86 bits per heavy atom. The van der Waals surface area contributed by atoms with Crippen LogP contribution in [-0.2, 0) is 16.1 Å². The van der Waals surface area contributed by atoms with Crippen molar-refractivity contribution < 1.29 is 23.1 Å². The molecule has 1 aromatic heterocycles. The largest absolute Gasteiger partial charge is 0.467 e. The van der Waals surface area contributed by atoms with Gasteiger partial charge in [-0.1, -0.05) is 30.3 Å². The Morgan fingerprint density at radius 1 is 1.07 bits per heavy atom. The van der Waals surface area contributed by atoms with Crippen LogP contribution in [0.5, 0.6) is 5.75 Å². The Balaban J connectivity index is 1.59. The summed E-state index contributed by atoms with van der Waals surface area (Å²) in [6, 6.07) is 16.4. The molecule has 0 bridgehead atoms. The van der Waals surface area contributed by atoms with Gasteiger partial charge in [0.05, 0.1) is 18.5 Å². The number of furan rings is 1. The van der Waals surface area contributed by atoms with E-state index in [1.807, 2.05) is 0 Å². The van der Waals surface area contributed by atoms with Crippen LogP contribution in [0.25, 0.3) is 6.08 Å². The van der Waals surface area contributed by atoms with Crippen LogP contribution in [0.2, 0.25) is 0 Å². The molecule has 3 aromatic rings. The average Bonchev–Trinajstić information content (AvgIpc) is 3.25. The van der Waals surface area contributed by atoms with Crippen LogP contribution in [0, 0.1) is 5.82 Å². The van der Waals surface area contributed by atoms with Crippen molar-refractivity contribution in [2.45, 2.75) is 6.54 Å². The van der Waals surface area contributed by atoms with E-state index in [1.165, 1.54) is 23.3 Å². The molecular formula is C22H17FN2O4. The molecule has 0 aliphatic carbocycles. The number of para-hydroxylation sites is 2. The normalized spacial score (nSPS) is 14.4. The first kappa shape index (κ1) is 18.5. The highest BCUT2D eigenvalue weighted by Crippen LogP contribution is 2.35. The lowest BCUT2D eigenvalue weighted by Gasteiger charge is -2.30. The minimum absolute atomic E-state index is 0.0624. The zero-order valence-corrected chi connectivity index (χ0v) is 15.3. The summed E-state index contributed by atoms with van der Waals surface area (Å²) in [4.78, 5) is 26.7. The number of rotatable bonds is 5. The van der Waals surface area contributed by atoms with Crippen LogP contribution >= 0.6 is 0 Å². The fraction of sp³-hybridized carbons (Fsp3) is 0.0909. The summed E-state index contributed by atoms with van der Waals surface area (Å²) in [5.74, 6) is -0.414. The van der Waals surface area contributed by atoms with E-state index < -0.39 is 11.7 Å². The maximum Gasteiger partial charge on any atom is 0.294 e. The molecule has 0 radical (unpaired) electrons. The molecule has 0 unspecified atom stereocenters. The first-order valence-electron chi connectivity index (χ1n) is 8.96. The maximum absolute atomic E-state index is 14.0. The Bertz CT molecular complexity index is 1080.